The van der Waals surface area contributed by atoms with E-state index in [1.165, 1.54) is 19.2 Å². The summed E-state index contributed by atoms with van der Waals surface area (Å²) in [6, 6.07) is 7.58. The van der Waals surface area contributed by atoms with Crippen LogP contribution in [0.25, 0.3) is 5.76 Å². The van der Waals surface area contributed by atoms with Crippen LogP contribution in [-0.2, 0) is 18.1 Å². The van der Waals surface area contributed by atoms with Crippen molar-refractivity contribution in [1.82, 2.24) is 0 Å². The highest BCUT2D eigenvalue weighted by Gasteiger charge is 2.26. The Morgan fingerprint density at radius 3 is 2.18 bits per heavy atom. The fourth-order valence-electron chi connectivity index (χ4n) is 1.12. The molecule has 1 aromatic rings. The van der Waals surface area contributed by atoms with Crippen molar-refractivity contribution in [2.45, 2.75) is 6.92 Å². The van der Waals surface area contributed by atoms with Crippen molar-refractivity contribution in [2.24, 2.45) is 0 Å². The molecular formula is C11H14BrO4P. The van der Waals surface area contributed by atoms with Crippen molar-refractivity contribution in [2.75, 3.05) is 14.2 Å². The lowest BCUT2D eigenvalue weighted by Crippen LogP contribution is -1.95. The molecule has 0 N–H and O–H groups in total. The van der Waals surface area contributed by atoms with Crippen LogP contribution in [0, 0.1) is 6.92 Å². The van der Waals surface area contributed by atoms with E-state index in [0.29, 0.717) is 5.76 Å². The number of hydrogen-bond acceptors (Lipinski definition) is 4. The van der Waals surface area contributed by atoms with E-state index in [-0.39, 0.29) is 0 Å². The van der Waals surface area contributed by atoms with Gasteiger partial charge in [0.15, 0.2) is 0 Å². The number of halogens is 1. The Morgan fingerprint density at radius 2 is 1.76 bits per heavy atom. The average Bonchev–Trinajstić information content (AvgIpc) is 2.37. The van der Waals surface area contributed by atoms with E-state index >= 15 is 0 Å². The molecule has 6 heteroatoms. The van der Waals surface area contributed by atoms with Gasteiger partial charge < -0.3 is 4.52 Å². The van der Waals surface area contributed by atoms with Gasteiger partial charge in [0, 0.05) is 24.8 Å². The molecule has 0 aliphatic heterocycles. The molecule has 0 unspecified atom stereocenters. The zero-order valence-corrected chi connectivity index (χ0v) is 12.3. The highest BCUT2D eigenvalue weighted by molar-refractivity contribution is 9.11. The Kier molecular flexibility index (Phi) is 5.40. The average molecular weight is 321 g/mol. The minimum Gasteiger partial charge on any atom is -0.403 e. The van der Waals surface area contributed by atoms with E-state index in [2.05, 4.69) is 15.9 Å². The largest absolute Gasteiger partial charge is 0.529 e. The molecule has 1 aromatic carbocycles. The van der Waals surface area contributed by atoms with E-state index in [9.17, 15) is 4.57 Å². The topological polar surface area (TPSA) is 44.8 Å². The maximum Gasteiger partial charge on any atom is 0.529 e. The van der Waals surface area contributed by atoms with Gasteiger partial charge in [0.1, 0.15) is 5.76 Å². The maximum atomic E-state index is 11.8. The van der Waals surface area contributed by atoms with Gasteiger partial charge in [0.05, 0.1) is 0 Å². The van der Waals surface area contributed by atoms with Gasteiger partial charge in [0.2, 0.25) is 0 Å². The Labute approximate surface area is 109 Å². The second-order valence-electron chi connectivity index (χ2n) is 3.24. The highest BCUT2D eigenvalue weighted by atomic mass is 79.9. The van der Waals surface area contributed by atoms with Gasteiger partial charge in [-0.05, 0) is 6.92 Å². The molecule has 94 valence electrons. The lowest BCUT2D eigenvalue weighted by Gasteiger charge is -2.16. The zero-order chi connectivity index (χ0) is 12.9. The van der Waals surface area contributed by atoms with E-state index in [1.54, 1.807) is 0 Å². The van der Waals surface area contributed by atoms with Crippen LogP contribution in [0.1, 0.15) is 11.1 Å². The molecule has 17 heavy (non-hydrogen) atoms. The van der Waals surface area contributed by atoms with Crippen LogP contribution in [0.4, 0.5) is 0 Å². The van der Waals surface area contributed by atoms with Crippen molar-refractivity contribution in [1.29, 1.82) is 0 Å². The minimum absolute atomic E-state index is 0.386. The smallest absolute Gasteiger partial charge is 0.403 e. The second kappa shape index (κ2) is 6.36. The summed E-state index contributed by atoms with van der Waals surface area (Å²) in [4.78, 5) is 1.53. The molecule has 0 spiro atoms. The SMILES string of the molecule is COP(=O)(OC)OC(=CBr)c1ccc(C)cc1. The number of benzene rings is 1. The number of phosphoric acid groups is 1. The first-order valence-corrected chi connectivity index (χ1v) is 7.21. The molecular weight excluding hydrogens is 307 g/mol. The lowest BCUT2D eigenvalue weighted by molar-refractivity contribution is 0.201. The molecule has 0 atom stereocenters. The third-order valence-electron chi connectivity index (χ3n) is 2.09. The van der Waals surface area contributed by atoms with E-state index in [4.69, 9.17) is 13.6 Å². The summed E-state index contributed by atoms with van der Waals surface area (Å²) in [7, 11) is -0.991. The fourth-order valence-corrected chi connectivity index (χ4v) is 2.32. The molecule has 0 aromatic heterocycles. The summed E-state index contributed by atoms with van der Waals surface area (Å²) in [6.45, 7) is 1.98. The Bertz CT molecular complexity index is 433. The molecule has 0 saturated heterocycles. The van der Waals surface area contributed by atoms with Crippen LogP contribution < -0.4 is 0 Å². The second-order valence-corrected chi connectivity index (χ2v) is 5.51. The van der Waals surface area contributed by atoms with Crippen LogP contribution in [0.3, 0.4) is 0 Å². The summed E-state index contributed by atoms with van der Waals surface area (Å²) >= 11 is 3.16. The molecule has 0 saturated carbocycles. The molecule has 0 fully saturated rings. The Balaban J connectivity index is 2.94. The van der Waals surface area contributed by atoms with Crippen molar-refractivity contribution in [3.63, 3.8) is 0 Å². The predicted molar refractivity (Wildman–Crippen MR) is 70.8 cm³/mol. The molecule has 0 aliphatic carbocycles. The third kappa shape index (κ3) is 3.96. The molecule has 4 nitrogen and oxygen atoms in total. The van der Waals surface area contributed by atoms with Crippen molar-refractivity contribution in [3.05, 3.63) is 40.4 Å². The third-order valence-corrected chi connectivity index (χ3v) is 3.82. The molecule has 0 heterocycles. The van der Waals surface area contributed by atoms with Crippen LogP contribution in [0.2, 0.25) is 0 Å². The maximum absolute atomic E-state index is 11.8. The molecule has 1 rings (SSSR count). The standard InChI is InChI=1S/C11H14BrO4P/c1-9-4-6-10(7-5-9)11(8-12)16-17(13,14-2)15-3/h4-8H,1-3H3. The van der Waals surface area contributed by atoms with Gasteiger partial charge in [-0.2, -0.15) is 0 Å². The number of aryl methyl sites for hydroxylation is 1. The summed E-state index contributed by atoms with van der Waals surface area (Å²) in [5, 5.41) is 0. The van der Waals surface area contributed by atoms with Crippen LogP contribution in [0.5, 0.6) is 0 Å². The molecule has 0 radical (unpaired) electrons. The van der Waals surface area contributed by atoms with Crippen LogP contribution >= 0.6 is 23.8 Å². The van der Waals surface area contributed by atoms with E-state index in [0.717, 1.165) is 11.1 Å². The predicted octanol–water partition coefficient (Wildman–Crippen LogP) is 4.11. The first kappa shape index (κ1) is 14.5. The Morgan fingerprint density at radius 1 is 1.24 bits per heavy atom. The number of rotatable bonds is 5. The monoisotopic (exact) mass is 320 g/mol. The number of hydrogen-bond donors (Lipinski definition) is 0. The summed E-state index contributed by atoms with van der Waals surface area (Å²) in [5.74, 6) is 0.386. The minimum atomic E-state index is -3.53. The molecule has 0 bridgehead atoms. The van der Waals surface area contributed by atoms with E-state index in [1.807, 2.05) is 31.2 Å². The van der Waals surface area contributed by atoms with Gasteiger partial charge in [0.25, 0.3) is 0 Å². The van der Waals surface area contributed by atoms with Crippen molar-refractivity contribution >= 4 is 29.5 Å². The van der Waals surface area contributed by atoms with Crippen LogP contribution in [0.15, 0.2) is 29.3 Å². The van der Waals surface area contributed by atoms with Crippen molar-refractivity contribution in [3.8, 4) is 0 Å². The zero-order valence-electron chi connectivity index (χ0n) is 9.84. The van der Waals surface area contributed by atoms with Crippen molar-refractivity contribution < 1.29 is 18.1 Å². The van der Waals surface area contributed by atoms with Gasteiger partial charge in [-0.15, -0.1) is 0 Å². The summed E-state index contributed by atoms with van der Waals surface area (Å²) < 4.78 is 26.5. The summed E-state index contributed by atoms with van der Waals surface area (Å²) in [6.07, 6.45) is 0. The first-order valence-electron chi connectivity index (χ1n) is 4.83. The van der Waals surface area contributed by atoms with Gasteiger partial charge >= 0.3 is 7.82 Å². The van der Waals surface area contributed by atoms with Crippen LogP contribution in [-0.4, -0.2) is 14.2 Å². The molecule has 0 amide bonds. The van der Waals surface area contributed by atoms with Gasteiger partial charge in [-0.3, -0.25) is 9.05 Å². The molecule has 0 aliphatic rings. The lowest BCUT2D eigenvalue weighted by atomic mass is 10.1. The number of phosphoric ester groups is 1. The fraction of sp³-hybridized carbons (Fsp3) is 0.273. The van der Waals surface area contributed by atoms with Gasteiger partial charge in [-0.1, -0.05) is 45.8 Å². The normalized spacial score (nSPS) is 12.6. The van der Waals surface area contributed by atoms with Gasteiger partial charge in [-0.25, -0.2) is 4.57 Å². The first-order chi connectivity index (χ1) is 8.04. The quantitative estimate of drug-likeness (QED) is 0.605. The Hall–Kier alpha value is -0.610. The highest BCUT2D eigenvalue weighted by Crippen LogP contribution is 2.51. The van der Waals surface area contributed by atoms with E-state index < -0.39 is 7.82 Å². The summed E-state index contributed by atoms with van der Waals surface area (Å²) in [5.41, 5.74) is 1.91.